The minimum atomic E-state index is -0.397. The molecule has 110 valence electrons. The van der Waals surface area contributed by atoms with Crippen LogP contribution in [0.4, 0.5) is 5.69 Å². The lowest BCUT2D eigenvalue weighted by Crippen LogP contribution is -2.19. The number of hydrogen-bond acceptors (Lipinski definition) is 5. The van der Waals surface area contributed by atoms with Gasteiger partial charge in [-0.3, -0.25) is 9.59 Å². The lowest BCUT2D eigenvalue weighted by Gasteiger charge is -2.06. The average Bonchev–Trinajstić information content (AvgIpc) is 2.56. The van der Waals surface area contributed by atoms with Gasteiger partial charge < -0.3 is 5.32 Å². The highest BCUT2D eigenvalue weighted by Crippen LogP contribution is 2.16. The zero-order valence-electron chi connectivity index (χ0n) is 11.7. The van der Waals surface area contributed by atoms with Crippen molar-refractivity contribution < 1.29 is 4.79 Å². The minimum Gasteiger partial charge on any atom is -0.319 e. The number of nitrogens with one attached hydrogen (secondary N) is 2. The fourth-order valence-electron chi connectivity index (χ4n) is 2.05. The number of nitrogens with zero attached hydrogens (tertiary/aromatic N) is 2. The van der Waals surface area contributed by atoms with E-state index < -0.39 is 5.91 Å². The number of aromatic amines is 1. The van der Waals surface area contributed by atoms with Gasteiger partial charge >= 0.3 is 0 Å². The Hall–Kier alpha value is -2.67. The molecule has 0 bridgehead atoms. The fourth-order valence-corrected chi connectivity index (χ4v) is 2.42. The number of rotatable bonds is 3. The molecule has 7 heteroatoms. The molecular weight excluding hydrogens is 300 g/mol. The summed E-state index contributed by atoms with van der Waals surface area (Å²) in [7, 11) is 0. The number of H-pyrrole nitrogens is 1. The summed E-state index contributed by atoms with van der Waals surface area (Å²) < 4.78 is 0. The fraction of sp³-hybridized carbons (Fsp3) is 0.0667. The Morgan fingerprint density at radius 3 is 2.64 bits per heavy atom. The average molecular weight is 312 g/mol. The maximum absolute atomic E-state index is 12.4. The number of hydrogen-bond donors (Lipinski definition) is 2. The summed E-state index contributed by atoms with van der Waals surface area (Å²) in [6.45, 7) is 0. The van der Waals surface area contributed by atoms with E-state index in [-0.39, 0.29) is 11.3 Å². The van der Waals surface area contributed by atoms with Crippen LogP contribution in [0, 0.1) is 0 Å². The second kappa shape index (κ2) is 5.98. The van der Waals surface area contributed by atoms with Crippen molar-refractivity contribution in [3.05, 3.63) is 58.6 Å². The molecule has 0 aliphatic carbocycles. The Morgan fingerprint density at radius 1 is 1.18 bits per heavy atom. The molecule has 1 aromatic carbocycles. The van der Waals surface area contributed by atoms with Crippen LogP contribution < -0.4 is 10.9 Å². The highest BCUT2D eigenvalue weighted by Gasteiger charge is 2.14. The van der Waals surface area contributed by atoms with Gasteiger partial charge in [-0.25, -0.2) is 10.1 Å². The molecule has 0 spiro atoms. The first-order valence-electron chi connectivity index (χ1n) is 6.48. The number of carbonyl (C=O) groups excluding carboxylic acids is 1. The zero-order valence-corrected chi connectivity index (χ0v) is 12.5. The molecule has 3 rings (SSSR count). The van der Waals surface area contributed by atoms with E-state index in [1.165, 1.54) is 11.8 Å². The van der Waals surface area contributed by atoms with E-state index in [1.807, 2.05) is 12.3 Å². The number of benzene rings is 1. The molecule has 2 heterocycles. The first kappa shape index (κ1) is 14.3. The number of carbonyl (C=O) groups is 1. The molecule has 0 aliphatic rings. The molecule has 1 amide bonds. The smallest absolute Gasteiger partial charge is 0.276 e. The molecule has 0 saturated carbocycles. The molecule has 2 N–H and O–H groups in total. The summed E-state index contributed by atoms with van der Waals surface area (Å²) in [4.78, 5) is 28.3. The van der Waals surface area contributed by atoms with Crippen LogP contribution in [0.15, 0.2) is 52.4 Å². The first-order valence-corrected chi connectivity index (χ1v) is 7.70. The van der Waals surface area contributed by atoms with Crippen molar-refractivity contribution in [3.63, 3.8) is 0 Å². The van der Waals surface area contributed by atoms with Crippen molar-refractivity contribution in [2.24, 2.45) is 0 Å². The standard InChI is InChI=1S/C15H12N4O2S/c1-22-12-7-6-9(8-16-12)17-15(21)13-10-4-2-3-5-11(10)14(20)19-18-13/h2-8H,1H3,(H,17,21)(H,19,20). The van der Waals surface area contributed by atoms with Crippen LogP contribution in [-0.4, -0.2) is 27.3 Å². The van der Waals surface area contributed by atoms with Crippen molar-refractivity contribution in [2.75, 3.05) is 11.6 Å². The van der Waals surface area contributed by atoms with Gasteiger partial charge in [0.25, 0.3) is 11.5 Å². The summed E-state index contributed by atoms with van der Waals surface area (Å²) >= 11 is 1.52. The second-order valence-corrected chi connectivity index (χ2v) is 5.32. The van der Waals surface area contributed by atoms with E-state index in [9.17, 15) is 9.59 Å². The van der Waals surface area contributed by atoms with Crippen molar-refractivity contribution in [1.29, 1.82) is 0 Å². The Morgan fingerprint density at radius 2 is 1.95 bits per heavy atom. The van der Waals surface area contributed by atoms with Gasteiger partial charge in [0.1, 0.15) is 0 Å². The molecule has 0 unspecified atom stereocenters. The third-order valence-electron chi connectivity index (χ3n) is 3.11. The number of amides is 1. The Labute approximate surface area is 130 Å². The van der Waals surface area contributed by atoms with Crippen LogP contribution in [0.3, 0.4) is 0 Å². The van der Waals surface area contributed by atoms with E-state index in [0.717, 1.165) is 5.03 Å². The first-order chi connectivity index (χ1) is 10.7. The van der Waals surface area contributed by atoms with Crippen LogP contribution >= 0.6 is 11.8 Å². The molecule has 0 radical (unpaired) electrons. The van der Waals surface area contributed by atoms with Gasteiger partial charge in [0.15, 0.2) is 5.69 Å². The molecule has 0 fully saturated rings. The van der Waals surface area contributed by atoms with Gasteiger partial charge in [0.05, 0.1) is 22.3 Å². The maximum atomic E-state index is 12.4. The number of fused-ring (bicyclic) bond motifs is 1. The van der Waals surface area contributed by atoms with E-state index >= 15 is 0 Å². The van der Waals surface area contributed by atoms with Crippen molar-refractivity contribution in [2.45, 2.75) is 5.03 Å². The SMILES string of the molecule is CSc1ccc(NC(=O)c2n[nH]c(=O)c3ccccc23)cn1. The van der Waals surface area contributed by atoms with Gasteiger partial charge in [-0.1, -0.05) is 18.2 Å². The topological polar surface area (TPSA) is 87.7 Å². The highest BCUT2D eigenvalue weighted by molar-refractivity contribution is 7.98. The van der Waals surface area contributed by atoms with Crippen LogP contribution in [0.25, 0.3) is 10.8 Å². The molecular formula is C15H12N4O2S. The summed E-state index contributed by atoms with van der Waals surface area (Å²) in [5.74, 6) is -0.397. The summed E-state index contributed by atoms with van der Waals surface area (Å²) in [5, 5.41) is 10.7. The number of pyridine rings is 1. The Kier molecular flexibility index (Phi) is 3.88. The van der Waals surface area contributed by atoms with Gasteiger partial charge in [0.2, 0.25) is 0 Å². The molecule has 6 nitrogen and oxygen atoms in total. The lowest BCUT2D eigenvalue weighted by molar-refractivity contribution is 0.102. The molecule has 22 heavy (non-hydrogen) atoms. The van der Waals surface area contributed by atoms with Crippen molar-refractivity contribution >= 4 is 34.1 Å². The maximum Gasteiger partial charge on any atom is 0.276 e. The van der Waals surface area contributed by atoms with Crippen LogP contribution in [0.1, 0.15) is 10.5 Å². The predicted molar refractivity (Wildman–Crippen MR) is 86.3 cm³/mol. The molecule has 0 saturated heterocycles. The van der Waals surface area contributed by atoms with E-state index in [0.29, 0.717) is 16.5 Å². The number of anilines is 1. The van der Waals surface area contributed by atoms with Gasteiger partial charge in [0, 0.05) is 5.39 Å². The van der Waals surface area contributed by atoms with Gasteiger partial charge in [-0.05, 0) is 24.5 Å². The van der Waals surface area contributed by atoms with E-state index in [1.54, 1.807) is 36.5 Å². The summed E-state index contributed by atoms with van der Waals surface area (Å²) in [6.07, 6.45) is 3.51. The summed E-state index contributed by atoms with van der Waals surface area (Å²) in [5.41, 5.74) is 0.419. The van der Waals surface area contributed by atoms with Crippen LogP contribution in [0.5, 0.6) is 0 Å². The Balaban J connectivity index is 1.95. The number of thioether (sulfide) groups is 1. The van der Waals surface area contributed by atoms with Crippen LogP contribution in [-0.2, 0) is 0 Å². The Bertz CT molecular complexity index is 890. The van der Waals surface area contributed by atoms with Gasteiger partial charge in [-0.2, -0.15) is 5.10 Å². The third kappa shape index (κ3) is 2.71. The summed E-state index contributed by atoms with van der Waals surface area (Å²) in [6, 6.07) is 10.4. The van der Waals surface area contributed by atoms with Crippen molar-refractivity contribution in [3.8, 4) is 0 Å². The zero-order chi connectivity index (χ0) is 15.5. The van der Waals surface area contributed by atoms with Gasteiger partial charge in [-0.15, -0.1) is 11.8 Å². The van der Waals surface area contributed by atoms with E-state index in [2.05, 4.69) is 20.5 Å². The second-order valence-electron chi connectivity index (χ2n) is 4.49. The van der Waals surface area contributed by atoms with Crippen molar-refractivity contribution in [1.82, 2.24) is 15.2 Å². The van der Waals surface area contributed by atoms with Crippen LogP contribution in [0.2, 0.25) is 0 Å². The monoisotopic (exact) mass is 312 g/mol. The molecule has 0 aliphatic heterocycles. The number of aromatic nitrogens is 3. The lowest BCUT2D eigenvalue weighted by atomic mass is 10.1. The predicted octanol–water partition coefficient (Wildman–Crippen LogP) is 2.29. The highest BCUT2D eigenvalue weighted by atomic mass is 32.2. The molecule has 0 atom stereocenters. The molecule has 2 aromatic heterocycles. The largest absolute Gasteiger partial charge is 0.319 e. The quantitative estimate of drug-likeness (QED) is 0.725. The van der Waals surface area contributed by atoms with E-state index in [4.69, 9.17) is 0 Å². The third-order valence-corrected chi connectivity index (χ3v) is 3.77. The normalized spacial score (nSPS) is 10.6. The molecule has 3 aromatic rings. The minimum absolute atomic E-state index is 0.171.